The first-order chi connectivity index (χ1) is 16.6. The molecule has 1 atom stereocenters. The van der Waals surface area contributed by atoms with E-state index in [1.165, 1.54) is 11.8 Å². The Bertz CT molecular complexity index is 1370. The Kier molecular flexibility index (Phi) is 6.60. The van der Waals surface area contributed by atoms with Gasteiger partial charge in [-0.15, -0.1) is 5.10 Å². The smallest absolute Gasteiger partial charge is 0.288 e. The normalized spacial score (nSPS) is 17.4. The number of nitrogens with zero attached hydrogens (tertiary/aromatic N) is 2. The summed E-state index contributed by atoms with van der Waals surface area (Å²) < 4.78 is 25.0. The number of halogens is 2. The molecule has 1 N–H and O–H groups in total. The van der Waals surface area contributed by atoms with Crippen LogP contribution in [0.15, 0.2) is 94.0 Å². The topological polar surface area (TPSA) is 53.8 Å². The molecule has 1 saturated heterocycles. The van der Waals surface area contributed by atoms with Crippen LogP contribution in [-0.2, 0) is 11.2 Å². The summed E-state index contributed by atoms with van der Waals surface area (Å²) in [5.41, 5.74) is 1.88. The Morgan fingerprint density at radius 3 is 2.26 bits per heavy atom. The van der Waals surface area contributed by atoms with Gasteiger partial charge in [-0.25, -0.2) is 0 Å². The van der Waals surface area contributed by atoms with Gasteiger partial charge in [-0.1, -0.05) is 84.2 Å². The molecule has 0 spiro atoms. The molecule has 34 heavy (non-hydrogen) atoms. The maximum absolute atomic E-state index is 12.5. The van der Waals surface area contributed by atoms with Crippen molar-refractivity contribution in [3.05, 3.63) is 90.0 Å². The van der Waals surface area contributed by atoms with Gasteiger partial charge in [0, 0.05) is 10.5 Å². The lowest BCUT2D eigenvalue weighted by atomic mass is 9.97. The van der Waals surface area contributed by atoms with Crippen LogP contribution < -0.4 is 5.32 Å². The number of fused-ring (bicyclic) bond motifs is 2. The number of amides is 1. The fraction of sp³-hybridized carbons (Fsp3) is 0.115. The Morgan fingerprint density at radius 2 is 1.62 bits per heavy atom. The standard InChI is InChI=1S/C26H19F2N3OS2/c27-25(28)33-19-11-9-16(10-12-19)13-23-24(32)30-26(34-23)31-29-15-22-20-7-3-1-5-17(20)14-18-6-2-4-8-21(18)22/h1-12,14-15,23,25H,13H2,(H,30,31,32)/b29-15-/t23-/m0/s1. The van der Waals surface area contributed by atoms with E-state index in [0.717, 1.165) is 32.7 Å². The van der Waals surface area contributed by atoms with Crippen molar-refractivity contribution in [1.29, 1.82) is 0 Å². The molecule has 1 aliphatic heterocycles. The molecule has 0 unspecified atom stereocenters. The number of nitrogens with one attached hydrogen (secondary N) is 1. The second-order valence-electron chi connectivity index (χ2n) is 7.70. The van der Waals surface area contributed by atoms with Crippen molar-refractivity contribution < 1.29 is 13.6 Å². The van der Waals surface area contributed by atoms with E-state index in [9.17, 15) is 13.6 Å². The van der Waals surface area contributed by atoms with Crippen molar-refractivity contribution in [3.8, 4) is 0 Å². The van der Waals surface area contributed by atoms with E-state index >= 15 is 0 Å². The van der Waals surface area contributed by atoms with Crippen molar-refractivity contribution in [2.75, 3.05) is 0 Å². The maximum Gasteiger partial charge on any atom is 0.288 e. The molecule has 4 aromatic carbocycles. The minimum Gasteiger partial charge on any atom is -0.303 e. The third-order valence-corrected chi connectivity index (χ3v) is 7.29. The summed E-state index contributed by atoms with van der Waals surface area (Å²) in [4.78, 5) is 12.9. The molecule has 0 aliphatic carbocycles. The van der Waals surface area contributed by atoms with Gasteiger partial charge in [-0.2, -0.15) is 13.9 Å². The zero-order valence-electron chi connectivity index (χ0n) is 17.8. The average Bonchev–Trinajstić information content (AvgIpc) is 3.18. The van der Waals surface area contributed by atoms with Crippen molar-refractivity contribution in [1.82, 2.24) is 5.32 Å². The van der Waals surface area contributed by atoms with Crippen molar-refractivity contribution in [3.63, 3.8) is 0 Å². The van der Waals surface area contributed by atoms with Gasteiger partial charge in [-0.3, -0.25) is 4.79 Å². The highest BCUT2D eigenvalue weighted by atomic mass is 32.2. The van der Waals surface area contributed by atoms with Gasteiger partial charge in [0.05, 0.1) is 11.5 Å². The van der Waals surface area contributed by atoms with Gasteiger partial charge in [0.2, 0.25) is 5.91 Å². The second-order valence-corrected chi connectivity index (χ2v) is 9.96. The van der Waals surface area contributed by atoms with Crippen LogP contribution in [0, 0.1) is 0 Å². The first kappa shape index (κ1) is 22.6. The molecule has 1 aliphatic rings. The number of carbonyl (C=O) groups is 1. The highest BCUT2D eigenvalue weighted by Gasteiger charge is 2.30. The Hall–Kier alpha value is -3.23. The van der Waals surface area contributed by atoms with Crippen LogP contribution in [0.2, 0.25) is 0 Å². The highest BCUT2D eigenvalue weighted by Crippen LogP contribution is 2.29. The quantitative estimate of drug-likeness (QED) is 0.146. The van der Waals surface area contributed by atoms with E-state index in [1.54, 1.807) is 30.5 Å². The van der Waals surface area contributed by atoms with Gasteiger partial charge in [0.1, 0.15) is 0 Å². The lowest BCUT2D eigenvalue weighted by Crippen LogP contribution is -2.25. The molecule has 1 amide bonds. The van der Waals surface area contributed by atoms with Crippen LogP contribution in [-0.4, -0.2) is 28.3 Å². The Morgan fingerprint density at radius 1 is 0.971 bits per heavy atom. The number of amidine groups is 1. The first-order valence-corrected chi connectivity index (χ1v) is 12.4. The molecule has 4 nitrogen and oxygen atoms in total. The van der Waals surface area contributed by atoms with E-state index in [0.29, 0.717) is 28.2 Å². The number of thioether (sulfide) groups is 2. The van der Waals surface area contributed by atoms with E-state index in [-0.39, 0.29) is 11.2 Å². The lowest BCUT2D eigenvalue weighted by molar-refractivity contribution is -0.118. The molecule has 0 aromatic heterocycles. The Labute approximate surface area is 203 Å². The summed E-state index contributed by atoms with van der Waals surface area (Å²) in [6.07, 6.45) is 2.21. The predicted molar refractivity (Wildman–Crippen MR) is 138 cm³/mol. The van der Waals surface area contributed by atoms with Crippen LogP contribution in [0.3, 0.4) is 0 Å². The number of alkyl halides is 2. The van der Waals surface area contributed by atoms with E-state index in [4.69, 9.17) is 0 Å². The van der Waals surface area contributed by atoms with Crippen molar-refractivity contribution in [2.24, 2.45) is 10.2 Å². The average molecular weight is 492 g/mol. The van der Waals surface area contributed by atoms with Gasteiger partial charge >= 0.3 is 0 Å². The number of carbonyl (C=O) groups excluding carboxylic acids is 1. The largest absolute Gasteiger partial charge is 0.303 e. The van der Waals surface area contributed by atoms with E-state index in [2.05, 4.69) is 45.9 Å². The summed E-state index contributed by atoms with van der Waals surface area (Å²) >= 11 is 1.83. The van der Waals surface area contributed by atoms with Crippen molar-refractivity contribution >= 4 is 62.4 Å². The molecule has 170 valence electrons. The summed E-state index contributed by atoms with van der Waals surface area (Å²) in [6.45, 7) is 0. The number of hydrogen-bond donors (Lipinski definition) is 1. The molecule has 0 bridgehead atoms. The SMILES string of the molecule is O=C1N/C(=N/N=C\c2c3ccccc3cc3ccccc23)S[C@H]1Cc1ccc(SC(F)F)cc1. The van der Waals surface area contributed by atoms with Crippen LogP contribution in [0.25, 0.3) is 21.5 Å². The van der Waals surface area contributed by atoms with Crippen molar-refractivity contribution in [2.45, 2.75) is 22.3 Å². The van der Waals surface area contributed by atoms with Gasteiger partial charge in [0.15, 0.2) is 5.17 Å². The monoisotopic (exact) mass is 491 g/mol. The molecule has 5 rings (SSSR count). The summed E-state index contributed by atoms with van der Waals surface area (Å²) in [6, 6.07) is 25.3. The summed E-state index contributed by atoms with van der Waals surface area (Å²) in [5, 5.41) is 15.8. The number of rotatable bonds is 6. The molecular formula is C26H19F2N3OS2. The fourth-order valence-corrected chi connectivity index (χ4v) is 5.40. The molecule has 8 heteroatoms. The fourth-order valence-electron chi connectivity index (χ4n) is 3.93. The predicted octanol–water partition coefficient (Wildman–Crippen LogP) is 6.47. The highest BCUT2D eigenvalue weighted by molar-refractivity contribution is 8.15. The minimum absolute atomic E-state index is 0.138. The summed E-state index contributed by atoms with van der Waals surface area (Å²) in [7, 11) is 0. The molecule has 4 aromatic rings. The van der Waals surface area contributed by atoms with Gasteiger partial charge in [-0.05, 0) is 51.7 Å². The lowest BCUT2D eigenvalue weighted by Gasteiger charge is -2.07. The van der Waals surface area contributed by atoms with Gasteiger partial charge in [0.25, 0.3) is 5.76 Å². The molecular weight excluding hydrogens is 472 g/mol. The van der Waals surface area contributed by atoms with Crippen LogP contribution in [0.5, 0.6) is 0 Å². The minimum atomic E-state index is -2.45. The molecule has 1 fully saturated rings. The van der Waals surface area contributed by atoms with E-state index < -0.39 is 5.76 Å². The molecule has 1 heterocycles. The first-order valence-electron chi connectivity index (χ1n) is 10.6. The molecule has 0 radical (unpaired) electrons. The second kappa shape index (κ2) is 9.95. The number of benzene rings is 4. The maximum atomic E-state index is 12.5. The molecule has 0 saturated carbocycles. The number of hydrogen-bond acceptors (Lipinski definition) is 5. The van der Waals surface area contributed by atoms with Crippen LogP contribution in [0.4, 0.5) is 8.78 Å². The summed E-state index contributed by atoms with van der Waals surface area (Å²) in [5.74, 6) is -2.59. The Balaban J connectivity index is 1.33. The zero-order valence-corrected chi connectivity index (χ0v) is 19.5. The van der Waals surface area contributed by atoms with Crippen LogP contribution >= 0.6 is 23.5 Å². The van der Waals surface area contributed by atoms with E-state index in [1.807, 2.05) is 24.3 Å². The van der Waals surface area contributed by atoms with Crippen LogP contribution in [0.1, 0.15) is 11.1 Å². The third-order valence-electron chi connectivity index (χ3n) is 5.49. The zero-order chi connectivity index (χ0) is 23.5. The van der Waals surface area contributed by atoms with Gasteiger partial charge < -0.3 is 5.32 Å². The third kappa shape index (κ3) is 4.98.